The third kappa shape index (κ3) is 3.07. The maximum atomic E-state index is 5.78. The second kappa shape index (κ2) is 5.88. The SMILES string of the molecule is Cc1nn(Cc2ccc(Br)cc2)c(C)c1C(C)CN. The van der Waals surface area contributed by atoms with Crippen molar-refractivity contribution >= 4 is 15.9 Å². The van der Waals surface area contributed by atoms with Crippen LogP contribution in [0, 0.1) is 13.8 Å². The molecular weight excluding hydrogens is 302 g/mol. The topological polar surface area (TPSA) is 43.8 Å². The van der Waals surface area contributed by atoms with Gasteiger partial charge in [-0.1, -0.05) is 35.0 Å². The van der Waals surface area contributed by atoms with Crippen LogP contribution < -0.4 is 5.73 Å². The van der Waals surface area contributed by atoms with Crippen LogP contribution in [0.3, 0.4) is 0 Å². The van der Waals surface area contributed by atoms with E-state index in [9.17, 15) is 0 Å². The van der Waals surface area contributed by atoms with Crippen LogP contribution in [0.4, 0.5) is 0 Å². The Kier molecular flexibility index (Phi) is 4.42. The normalized spacial score (nSPS) is 12.7. The van der Waals surface area contributed by atoms with Gasteiger partial charge >= 0.3 is 0 Å². The molecule has 102 valence electrons. The van der Waals surface area contributed by atoms with Crippen LogP contribution >= 0.6 is 15.9 Å². The number of hydrogen-bond acceptors (Lipinski definition) is 2. The molecule has 0 spiro atoms. The summed E-state index contributed by atoms with van der Waals surface area (Å²) >= 11 is 3.45. The molecule has 19 heavy (non-hydrogen) atoms. The molecule has 0 aliphatic rings. The first-order chi connectivity index (χ1) is 9.02. The summed E-state index contributed by atoms with van der Waals surface area (Å²) < 4.78 is 3.17. The summed E-state index contributed by atoms with van der Waals surface area (Å²) in [5.41, 5.74) is 10.6. The molecule has 0 fully saturated rings. The van der Waals surface area contributed by atoms with E-state index >= 15 is 0 Å². The summed E-state index contributed by atoms with van der Waals surface area (Å²) in [6, 6.07) is 8.36. The first-order valence-electron chi connectivity index (χ1n) is 6.51. The number of halogens is 1. The lowest BCUT2D eigenvalue weighted by atomic mass is 9.99. The first kappa shape index (κ1) is 14.3. The zero-order valence-corrected chi connectivity index (χ0v) is 13.2. The lowest BCUT2D eigenvalue weighted by molar-refractivity contribution is 0.655. The zero-order chi connectivity index (χ0) is 14.0. The van der Waals surface area contributed by atoms with Crippen molar-refractivity contribution in [3.8, 4) is 0 Å². The molecule has 3 nitrogen and oxygen atoms in total. The molecule has 2 N–H and O–H groups in total. The van der Waals surface area contributed by atoms with Crippen molar-refractivity contribution in [3.05, 3.63) is 51.3 Å². The molecule has 0 saturated carbocycles. The molecule has 4 heteroatoms. The van der Waals surface area contributed by atoms with Crippen LogP contribution in [-0.4, -0.2) is 16.3 Å². The summed E-state index contributed by atoms with van der Waals surface area (Å²) in [6.07, 6.45) is 0. The van der Waals surface area contributed by atoms with Gasteiger partial charge in [0.05, 0.1) is 12.2 Å². The maximum absolute atomic E-state index is 5.78. The Bertz CT molecular complexity index is 558. The van der Waals surface area contributed by atoms with E-state index < -0.39 is 0 Å². The fraction of sp³-hybridized carbons (Fsp3) is 0.400. The fourth-order valence-electron chi connectivity index (χ4n) is 2.46. The van der Waals surface area contributed by atoms with Gasteiger partial charge in [0.25, 0.3) is 0 Å². The minimum atomic E-state index is 0.360. The summed E-state index contributed by atoms with van der Waals surface area (Å²) in [5.74, 6) is 0.360. The van der Waals surface area contributed by atoms with Gasteiger partial charge in [-0.25, -0.2) is 0 Å². The molecule has 0 radical (unpaired) electrons. The molecule has 0 aliphatic carbocycles. The standard InChI is InChI=1S/C15H20BrN3/c1-10(8-17)15-11(2)18-19(12(15)3)9-13-4-6-14(16)7-5-13/h4-7,10H,8-9,17H2,1-3H3. The highest BCUT2D eigenvalue weighted by molar-refractivity contribution is 9.10. The third-order valence-corrected chi connectivity index (χ3v) is 4.06. The van der Waals surface area contributed by atoms with Gasteiger partial charge in [-0.2, -0.15) is 5.10 Å². The Hall–Kier alpha value is -1.13. The van der Waals surface area contributed by atoms with E-state index in [0.29, 0.717) is 12.5 Å². The average molecular weight is 322 g/mol. The summed E-state index contributed by atoms with van der Waals surface area (Å²) in [4.78, 5) is 0. The van der Waals surface area contributed by atoms with Crippen molar-refractivity contribution in [3.63, 3.8) is 0 Å². The van der Waals surface area contributed by atoms with Crippen LogP contribution in [0.5, 0.6) is 0 Å². The van der Waals surface area contributed by atoms with Crippen molar-refractivity contribution in [1.82, 2.24) is 9.78 Å². The maximum Gasteiger partial charge on any atom is 0.0662 e. The molecule has 1 aromatic carbocycles. The molecule has 1 heterocycles. The second-order valence-electron chi connectivity index (χ2n) is 5.01. The lowest BCUT2D eigenvalue weighted by Gasteiger charge is -2.10. The van der Waals surface area contributed by atoms with Crippen molar-refractivity contribution in [2.45, 2.75) is 33.2 Å². The van der Waals surface area contributed by atoms with E-state index in [4.69, 9.17) is 5.73 Å². The minimum absolute atomic E-state index is 0.360. The quantitative estimate of drug-likeness (QED) is 0.938. The smallest absolute Gasteiger partial charge is 0.0662 e. The van der Waals surface area contributed by atoms with Crippen LogP contribution in [0.2, 0.25) is 0 Å². The van der Waals surface area contributed by atoms with Gasteiger partial charge in [-0.15, -0.1) is 0 Å². The summed E-state index contributed by atoms with van der Waals surface area (Å²) in [6.45, 7) is 7.80. The van der Waals surface area contributed by atoms with E-state index in [1.165, 1.54) is 16.8 Å². The Labute approximate surface area is 122 Å². The van der Waals surface area contributed by atoms with Gasteiger partial charge in [-0.3, -0.25) is 4.68 Å². The number of aryl methyl sites for hydroxylation is 1. The zero-order valence-electron chi connectivity index (χ0n) is 11.7. The Morgan fingerprint density at radius 1 is 1.26 bits per heavy atom. The van der Waals surface area contributed by atoms with E-state index in [-0.39, 0.29) is 0 Å². The predicted molar refractivity (Wildman–Crippen MR) is 82.4 cm³/mol. The Morgan fingerprint density at radius 3 is 2.47 bits per heavy atom. The molecule has 1 aromatic heterocycles. The van der Waals surface area contributed by atoms with Gasteiger partial charge in [0.1, 0.15) is 0 Å². The highest BCUT2D eigenvalue weighted by Gasteiger charge is 2.16. The molecule has 0 amide bonds. The minimum Gasteiger partial charge on any atom is -0.330 e. The van der Waals surface area contributed by atoms with Gasteiger partial charge in [0.15, 0.2) is 0 Å². The molecule has 1 unspecified atom stereocenters. The first-order valence-corrected chi connectivity index (χ1v) is 7.30. The molecule has 2 rings (SSSR count). The molecule has 0 saturated heterocycles. The molecule has 0 aliphatic heterocycles. The lowest BCUT2D eigenvalue weighted by Crippen LogP contribution is -2.11. The highest BCUT2D eigenvalue weighted by atomic mass is 79.9. The van der Waals surface area contributed by atoms with E-state index in [0.717, 1.165) is 16.7 Å². The number of aromatic nitrogens is 2. The molecule has 1 atom stereocenters. The average Bonchev–Trinajstić information content (AvgIpc) is 2.66. The van der Waals surface area contributed by atoms with Crippen molar-refractivity contribution in [2.24, 2.45) is 5.73 Å². The number of nitrogens with two attached hydrogens (primary N) is 1. The summed E-state index contributed by atoms with van der Waals surface area (Å²) in [5, 5.41) is 4.65. The van der Waals surface area contributed by atoms with Crippen LogP contribution in [0.25, 0.3) is 0 Å². The van der Waals surface area contributed by atoms with Gasteiger partial charge in [0.2, 0.25) is 0 Å². The van der Waals surface area contributed by atoms with E-state index in [2.05, 4.69) is 70.7 Å². The largest absolute Gasteiger partial charge is 0.330 e. The van der Waals surface area contributed by atoms with Crippen molar-refractivity contribution in [2.75, 3.05) is 6.54 Å². The highest BCUT2D eigenvalue weighted by Crippen LogP contribution is 2.23. The van der Waals surface area contributed by atoms with Crippen molar-refractivity contribution in [1.29, 1.82) is 0 Å². The van der Waals surface area contributed by atoms with E-state index in [1.54, 1.807) is 0 Å². The number of hydrogen-bond donors (Lipinski definition) is 1. The third-order valence-electron chi connectivity index (χ3n) is 3.53. The number of benzene rings is 1. The Morgan fingerprint density at radius 2 is 1.89 bits per heavy atom. The van der Waals surface area contributed by atoms with E-state index in [1.807, 2.05) is 0 Å². The molecule has 0 bridgehead atoms. The fourth-order valence-corrected chi connectivity index (χ4v) is 2.72. The number of nitrogens with zero attached hydrogens (tertiary/aromatic N) is 2. The van der Waals surface area contributed by atoms with Crippen molar-refractivity contribution < 1.29 is 0 Å². The molecular formula is C15H20BrN3. The predicted octanol–water partition coefficient (Wildman–Crippen LogP) is 3.37. The number of rotatable bonds is 4. The van der Waals surface area contributed by atoms with Gasteiger partial charge in [0, 0.05) is 15.7 Å². The second-order valence-corrected chi connectivity index (χ2v) is 5.92. The molecule has 2 aromatic rings. The van der Waals surface area contributed by atoms with Crippen LogP contribution in [-0.2, 0) is 6.54 Å². The van der Waals surface area contributed by atoms with Crippen LogP contribution in [0.1, 0.15) is 35.4 Å². The Balaban J connectivity index is 2.29. The van der Waals surface area contributed by atoms with Crippen LogP contribution in [0.15, 0.2) is 28.7 Å². The van der Waals surface area contributed by atoms with Gasteiger partial charge < -0.3 is 5.73 Å². The summed E-state index contributed by atoms with van der Waals surface area (Å²) in [7, 11) is 0. The monoisotopic (exact) mass is 321 g/mol. The van der Waals surface area contributed by atoms with Gasteiger partial charge in [-0.05, 0) is 44.0 Å².